The van der Waals surface area contributed by atoms with Crippen molar-refractivity contribution in [1.82, 2.24) is 4.98 Å². The molecule has 0 atom stereocenters. The normalized spacial score (nSPS) is 11.3. The van der Waals surface area contributed by atoms with Crippen LogP contribution in [0.2, 0.25) is 5.02 Å². The Morgan fingerprint density at radius 1 is 1.26 bits per heavy atom. The summed E-state index contributed by atoms with van der Waals surface area (Å²) in [5.41, 5.74) is 6.47. The maximum Gasteiger partial charge on any atom is 0.262 e. The van der Waals surface area contributed by atoms with E-state index < -0.39 is 10.0 Å². The summed E-state index contributed by atoms with van der Waals surface area (Å²) in [6.45, 7) is 1.66. The number of benzene rings is 1. The Kier molecular flexibility index (Phi) is 3.64. The molecule has 0 spiro atoms. The van der Waals surface area contributed by atoms with E-state index in [2.05, 4.69) is 9.71 Å². The number of hydrogen-bond acceptors (Lipinski definition) is 4. The summed E-state index contributed by atoms with van der Waals surface area (Å²) in [5, 5.41) is 0.535. The van der Waals surface area contributed by atoms with Gasteiger partial charge >= 0.3 is 0 Å². The molecule has 3 N–H and O–H groups in total. The van der Waals surface area contributed by atoms with Crippen LogP contribution in [0.3, 0.4) is 0 Å². The molecule has 0 saturated heterocycles. The molecular formula is C12H12ClN3O2S. The molecular weight excluding hydrogens is 286 g/mol. The van der Waals surface area contributed by atoms with E-state index in [1.54, 1.807) is 31.2 Å². The molecule has 0 aliphatic carbocycles. The topological polar surface area (TPSA) is 85.1 Å². The van der Waals surface area contributed by atoms with Gasteiger partial charge in [-0.3, -0.25) is 4.72 Å². The largest absolute Gasteiger partial charge is 0.384 e. The number of aryl methyl sites for hydroxylation is 1. The zero-order valence-electron chi connectivity index (χ0n) is 10.1. The summed E-state index contributed by atoms with van der Waals surface area (Å²) in [7, 11) is -3.69. The summed E-state index contributed by atoms with van der Waals surface area (Å²) < 4.78 is 26.9. The van der Waals surface area contributed by atoms with Gasteiger partial charge in [-0.25, -0.2) is 13.4 Å². The van der Waals surface area contributed by atoms with Crippen LogP contribution in [0.5, 0.6) is 0 Å². The van der Waals surface area contributed by atoms with Crippen LogP contribution in [0.15, 0.2) is 41.4 Å². The van der Waals surface area contributed by atoms with Crippen molar-refractivity contribution < 1.29 is 8.42 Å². The van der Waals surface area contributed by atoms with Gasteiger partial charge in [0.1, 0.15) is 5.82 Å². The van der Waals surface area contributed by atoms with Crippen molar-refractivity contribution in [2.75, 3.05) is 10.5 Å². The molecule has 0 radical (unpaired) electrons. The minimum atomic E-state index is -3.69. The van der Waals surface area contributed by atoms with Crippen LogP contribution in [-0.4, -0.2) is 13.4 Å². The molecule has 19 heavy (non-hydrogen) atoms. The number of pyridine rings is 1. The van der Waals surface area contributed by atoms with Crippen molar-refractivity contribution >= 4 is 33.1 Å². The van der Waals surface area contributed by atoms with Gasteiger partial charge in [0.2, 0.25) is 0 Å². The lowest BCUT2D eigenvalue weighted by molar-refractivity contribution is 0.600. The van der Waals surface area contributed by atoms with Gasteiger partial charge in [-0.2, -0.15) is 0 Å². The predicted octanol–water partition coefficient (Wildman–Crippen LogP) is 2.43. The molecule has 1 heterocycles. The average Bonchev–Trinajstić information content (AvgIpc) is 2.35. The van der Waals surface area contributed by atoms with Crippen LogP contribution in [0.4, 0.5) is 11.5 Å². The number of nitrogens with two attached hydrogens (primary N) is 1. The van der Waals surface area contributed by atoms with E-state index >= 15 is 0 Å². The first-order valence-electron chi connectivity index (χ1n) is 5.39. The van der Waals surface area contributed by atoms with Gasteiger partial charge in [-0.15, -0.1) is 0 Å². The maximum absolute atomic E-state index is 12.2. The molecule has 1 aromatic carbocycles. The molecule has 7 heteroatoms. The minimum Gasteiger partial charge on any atom is -0.384 e. The first kappa shape index (κ1) is 13.6. The fourth-order valence-electron chi connectivity index (χ4n) is 1.54. The number of anilines is 2. The third-order valence-corrected chi connectivity index (χ3v) is 4.24. The van der Waals surface area contributed by atoms with Crippen molar-refractivity contribution in [3.8, 4) is 0 Å². The fraction of sp³-hybridized carbons (Fsp3) is 0.0833. The molecule has 1 aromatic heterocycles. The lowest BCUT2D eigenvalue weighted by atomic mass is 10.3. The monoisotopic (exact) mass is 297 g/mol. The van der Waals surface area contributed by atoms with E-state index in [0.29, 0.717) is 16.3 Å². The van der Waals surface area contributed by atoms with Crippen LogP contribution in [0.1, 0.15) is 5.56 Å². The molecule has 0 bridgehead atoms. The van der Waals surface area contributed by atoms with Crippen LogP contribution in [0.25, 0.3) is 0 Å². The summed E-state index contributed by atoms with van der Waals surface area (Å²) >= 11 is 5.74. The highest BCUT2D eigenvalue weighted by molar-refractivity contribution is 7.92. The summed E-state index contributed by atoms with van der Waals surface area (Å²) in [6, 6.07) is 7.70. The van der Waals surface area contributed by atoms with Crippen molar-refractivity contribution in [2.24, 2.45) is 0 Å². The molecule has 0 amide bonds. The van der Waals surface area contributed by atoms with Crippen molar-refractivity contribution in [3.05, 3.63) is 47.1 Å². The highest BCUT2D eigenvalue weighted by atomic mass is 35.5. The number of sulfonamides is 1. The first-order chi connectivity index (χ1) is 8.88. The molecule has 0 unspecified atom stereocenters. The Bertz CT molecular complexity index is 699. The van der Waals surface area contributed by atoms with Crippen LogP contribution < -0.4 is 10.5 Å². The molecule has 2 rings (SSSR count). The lowest BCUT2D eigenvalue weighted by Crippen LogP contribution is -2.15. The molecule has 0 aliphatic rings. The number of rotatable bonds is 3. The SMILES string of the molecule is Cc1cnc(N)cc1S(=O)(=O)Nc1ccc(Cl)cc1. The van der Waals surface area contributed by atoms with Crippen molar-refractivity contribution in [3.63, 3.8) is 0 Å². The standard InChI is InChI=1S/C12H12ClN3O2S/c1-8-7-15-12(14)6-11(8)19(17,18)16-10-4-2-9(13)3-5-10/h2-7,16H,1H3,(H2,14,15). The highest BCUT2D eigenvalue weighted by Gasteiger charge is 2.17. The number of nitrogens with zero attached hydrogens (tertiary/aromatic N) is 1. The number of nitrogens with one attached hydrogen (secondary N) is 1. The van der Waals surface area contributed by atoms with Gasteiger partial charge < -0.3 is 5.73 Å². The Labute approximate surface area is 116 Å². The second kappa shape index (κ2) is 5.07. The highest BCUT2D eigenvalue weighted by Crippen LogP contribution is 2.21. The van der Waals surface area contributed by atoms with Crippen molar-refractivity contribution in [2.45, 2.75) is 11.8 Å². The Morgan fingerprint density at radius 2 is 1.89 bits per heavy atom. The zero-order valence-corrected chi connectivity index (χ0v) is 11.7. The summed E-state index contributed by atoms with van der Waals surface area (Å²) in [4.78, 5) is 3.95. The number of aromatic nitrogens is 1. The number of halogens is 1. The van der Waals surface area contributed by atoms with E-state index in [1.807, 2.05) is 0 Å². The van der Waals surface area contributed by atoms with Crippen molar-refractivity contribution in [1.29, 1.82) is 0 Å². The average molecular weight is 298 g/mol. The second-order valence-electron chi connectivity index (χ2n) is 3.99. The van der Waals surface area contributed by atoms with Crippen LogP contribution >= 0.6 is 11.6 Å². The summed E-state index contributed by atoms with van der Waals surface area (Å²) in [5.74, 6) is 0.155. The van der Waals surface area contributed by atoms with Gasteiger partial charge in [0.15, 0.2) is 0 Å². The molecule has 5 nitrogen and oxygen atoms in total. The van der Waals surface area contributed by atoms with Gasteiger partial charge in [0, 0.05) is 23.0 Å². The first-order valence-corrected chi connectivity index (χ1v) is 7.25. The van der Waals surface area contributed by atoms with Crippen LogP contribution in [-0.2, 0) is 10.0 Å². The molecule has 0 saturated carbocycles. The second-order valence-corrected chi connectivity index (χ2v) is 6.07. The molecule has 0 fully saturated rings. The lowest BCUT2D eigenvalue weighted by Gasteiger charge is -2.10. The van der Waals surface area contributed by atoms with Gasteiger partial charge in [-0.1, -0.05) is 11.6 Å². The smallest absolute Gasteiger partial charge is 0.262 e. The summed E-state index contributed by atoms with van der Waals surface area (Å²) in [6.07, 6.45) is 1.42. The minimum absolute atomic E-state index is 0.106. The molecule has 0 aliphatic heterocycles. The Morgan fingerprint density at radius 3 is 2.53 bits per heavy atom. The third-order valence-electron chi connectivity index (χ3n) is 2.46. The predicted molar refractivity (Wildman–Crippen MR) is 75.6 cm³/mol. The van der Waals surface area contributed by atoms with E-state index in [9.17, 15) is 8.42 Å². The van der Waals surface area contributed by atoms with Gasteiger partial charge in [0.25, 0.3) is 10.0 Å². The number of hydrogen-bond donors (Lipinski definition) is 2. The van der Waals surface area contributed by atoms with E-state index in [0.717, 1.165) is 0 Å². The Balaban J connectivity index is 2.37. The van der Waals surface area contributed by atoms with Gasteiger partial charge in [0.05, 0.1) is 4.90 Å². The van der Waals surface area contributed by atoms with Crippen LogP contribution in [0, 0.1) is 6.92 Å². The fourth-order valence-corrected chi connectivity index (χ4v) is 2.97. The quantitative estimate of drug-likeness (QED) is 0.911. The van der Waals surface area contributed by atoms with E-state index in [4.69, 9.17) is 17.3 Å². The van der Waals surface area contributed by atoms with Gasteiger partial charge in [-0.05, 0) is 36.8 Å². The Hall–Kier alpha value is -1.79. The third kappa shape index (κ3) is 3.15. The van der Waals surface area contributed by atoms with E-state index in [1.165, 1.54) is 12.3 Å². The van der Waals surface area contributed by atoms with E-state index in [-0.39, 0.29) is 10.7 Å². The molecule has 2 aromatic rings. The number of nitrogen functional groups attached to an aromatic ring is 1. The maximum atomic E-state index is 12.2. The molecule has 100 valence electrons. The zero-order chi connectivity index (χ0) is 14.0.